The molecule has 0 unspecified atom stereocenters. The van der Waals surface area contributed by atoms with Crippen LogP contribution in [-0.4, -0.2) is 34.7 Å². The summed E-state index contributed by atoms with van der Waals surface area (Å²) in [6.07, 6.45) is 8.62. The summed E-state index contributed by atoms with van der Waals surface area (Å²) in [5, 5.41) is 14.0. The largest absolute Gasteiger partial charge is 0.457 e. The van der Waals surface area contributed by atoms with Crippen LogP contribution >= 0.6 is 0 Å². The molecular weight excluding hydrogens is 376 g/mol. The van der Waals surface area contributed by atoms with Gasteiger partial charge in [0.05, 0.1) is 5.60 Å². The van der Waals surface area contributed by atoms with Gasteiger partial charge >= 0.3 is 6.03 Å². The highest BCUT2D eigenvalue weighted by atomic mass is 16.5. The third-order valence-electron chi connectivity index (χ3n) is 6.44. The average molecular weight is 409 g/mol. The number of ether oxygens (including phenoxy) is 1. The molecule has 5 nitrogen and oxygen atoms in total. The number of carbonyl (C=O) groups is 1. The summed E-state index contributed by atoms with van der Waals surface area (Å²) >= 11 is 0. The van der Waals surface area contributed by atoms with E-state index in [4.69, 9.17) is 4.74 Å². The van der Waals surface area contributed by atoms with E-state index >= 15 is 0 Å². The minimum Gasteiger partial charge on any atom is -0.457 e. The number of aliphatic hydroxyl groups is 1. The molecule has 1 heterocycles. The van der Waals surface area contributed by atoms with Crippen molar-refractivity contribution in [3.63, 3.8) is 0 Å². The lowest BCUT2D eigenvalue weighted by molar-refractivity contribution is -0.0337. The molecular formula is C25H32N2O3. The van der Waals surface area contributed by atoms with Crippen LogP contribution in [0.4, 0.5) is 10.5 Å². The number of anilines is 1. The summed E-state index contributed by atoms with van der Waals surface area (Å²) < 4.78 is 5.85. The molecule has 160 valence electrons. The van der Waals surface area contributed by atoms with Gasteiger partial charge in [-0.3, -0.25) is 0 Å². The standard InChI is InChI=1S/C25H32N2O3/c28-24(26-21-10-7-13-23(18-21)30-22-11-5-2-6-12-22)27-16-14-25(29,15-17-27)19-20-8-3-1-4-9-20/h2,5-7,10-13,18,20,29H,1,3-4,8-9,14-17,19H2,(H,26,28). The summed E-state index contributed by atoms with van der Waals surface area (Å²) in [7, 11) is 0. The molecule has 0 aromatic heterocycles. The Hall–Kier alpha value is -2.53. The monoisotopic (exact) mass is 408 g/mol. The number of urea groups is 1. The number of hydrogen-bond donors (Lipinski definition) is 2. The fraction of sp³-hybridized carbons (Fsp3) is 0.480. The van der Waals surface area contributed by atoms with Crippen LogP contribution in [0.5, 0.6) is 11.5 Å². The minimum atomic E-state index is -0.609. The van der Waals surface area contributed by atoms with Gasteiger partial charge in [-0.05, 0) is 49.4 Å². The van der Waals surface area contributed by atoms with Crippen LogP contribution in [0.15, 0.2) is 54.6 Å². The lowest BCUT2D eigenvalue weighted by Gasteiger charge is -2.40. The highest BCUT2D eigenvalue weighted by Crippen LogP contribution is 2.35. The van der Waals surface area contributed by atoms with Crippen molar-refractivity contribution in [1.29, 1.82) is 0 Å². The van der Waals surface area contributed by atoms with Crippen molar-refractivity contribution in [2.24, 2.45) is 5.92 Å². The van der Waals surface area contributed by atoms with E-state index in [1.807, 2.05) is 54.6 Å². The van der Waals surface area contributed by atoms with Gasteiger partial charge in [0, 0.05) is 24.8 Å². The van der Waals surface area contributed by atoms with Crippen molar-refractivity contribution >= 4 is 11.7 Å². The van der Waals surface area contributed by atoms with Crippen molar-refractivity contribution in [1.82, 2.24) is 4.90 Å². The van der Waals surface area contributed by atoms with E-state index in [9.17, 15) is 9.90 Å². The Labute approximate surface area is 179 Å². The van der Waals surface area contributed by atoms with E-state index < -0.39 is 5.60 Å². The Kier molecular flexibility index (Phi) is 6.58. The topological polar surface area (TPSA) is 61.8 Å². The Balaban J connectivity index is 1.29. The number of para-hydroxylation sites is 1. The van der Waals surface area contributed by atoms with Gasteiger partial charge in [-0.2, -0.15) is 0 Å². The molecule has 5 heteroatoms. The highest BCUT2D eigenvalue weighted by Gasteiger charge is 2.36. The smallest absolute Gasteiger partial charge is 0.321 e. The summed E-state index contributed by atoms with van der Waals surface area (Å²) in [6, 6.07) is 16.9. The van der Waals surface area contributed by atoms with Crippen molar-refractivity contribution < 1.29 is 14.6 Å². The van der Waals surface area contributed by atoms with Gasteiger partial charge in [0.15, 0.2) is 0 Å². The molecule has 1 saturated heterocycles. The number of nitrogens with zero attached hydrogens (tertiary/aromatic N) is 1. The van der Waals surface area contributed by atoms with Crippen LogP contribution in [0.2, 0.25) is 0 Å². The molecule has 0 radical (unpaired) electrons. The minimum absolute atomic E-state index is 0.119. The van der Waals surface area contributed by atoms with Crippen LogP contribution in [-0.2, 0) is 0 Å². The molecule has 0 spiro atoms. The number of benzene rings is 2. The van der Waals surface area contributed by atoms with Crippen molar-refractivity contribution in [3.05, 3.63) is 54.6 Å². The zero-order chi connectivity index (χ0) is 20.8. The highest BCUT2D eigenvalue weighted by molar-refractivity contribution is 5.89. The Morgan fingerprint density at radius 1 is 1.00 bits per heavy atom. The van der Waals surface area contributed by atoms with E-state index in [2.05, 4.69) is 5.32 Å². The molecule has 2 fully saturated rings. The molecule has 2 amide bonds. The van der Waals surface area contributed by atoms with E-state index in [1.165, 1.54) is 32.1 Å². The molecule has 2 aliphatic rings. The zero-order valence-electron chi connectivity index (χ0n) is 17.6. The predicted molar refractivity (Wildman–Crippen MR) is 119 cm³/mol. The van der Waals surface area contributed by atoms with E-state index in [0.29, 0.717) is 43.3 Å². The molecule has 1 saturated carbocycles. The first-order valence-electron chi connectivity index (χ1n) is 11.2. The van der Waals surface area contributed by atoms with E-state index in [-0.39, 0.29) is 6.03 Å². The van der Waals surface area contributed by atoms with E-state index in [1.54, 1.807) is 4.90 Å². The van der Waals surface area contributed by atoms with Crippen molar-refractivity contribution in [2.75, 3.05) is 18.4 Å². The molecule has 1 aliphatic carbocycles. The third-order valence-corrected chi connectivity index (χ3v) is 6.44. The number of likely N-dealkylation sites (tertiary alicyclic amines) is 1. The second-order valence-corrected chi connectivity index (χ2v) is 8.79. The van der Waals surface area contributed by atoms with Gasteiger partial charge in [0.2, 0.25) is 0 Å². The van der Waals surface area contributed by atoms with Crippen LogP contribution in [0.1, 0.15) is 51.4 Å². The molecule has 0 atom stereocenters. The fourth-order valence-electron chi connectivity index (χ4n) is 4.72. The number of nitrogens with one attached hydrogen (secondary N) is 1. The molecule has 0 bridgehead atoms. The summed E-state index contributed by atoms with van der Waals surface area (Å²) in [4.78, 5) is 14.5. The Morgan fingerprint density at radius 2 is 1.70 bits per heavy atom. The maximum absolute atomic E-state index is 12.7. The van der Waals surface area contributed by atoms with Crippen molar-refractivity contribution in [3.8, 4) is 11.5 Å². The molecule has 30 heavy (non-hydrogen) atoms. The molecule has 1 aliphatic heterocycles. The quantitative estimate of drug-likeness (QED) is 0.656. The normalized spacial score (nSPS) is 19.3. The fourth-order valence-corrected chi connectivity index (χ4v) is 4.72. The Morgan fingerprint density at radius 3 is 2.43 bits per heavy atom. The predicted octanol–water partition coefficient (Wildman–Crippen LogP) is 5.81. The zero-order valence-corrected chi connectivity index (χ0v) is 17.6. The van der Waals surface area contributed by atoms with Gasteiger partial charge in [0.25, 0.3) is 0 Å². The lowest BCUT2D eigenvalue weighted by atomic mass is 9.77. The summed E-state index contributed by atoms with van der Waals surface area (Å²) in [5.41, 5.74) is 0.0962. The van der Waals surface area contributed by atoms with Gasteiger partial charge in [-0.1, -0.05) is 56.4 Å². The number of hydrogen-bond acceptors (Lipinski definition) is 3. The second kappa shape index (κ2) is 9.52. The number of rotatable bonds is 5. The summed E-state index contributed by atoms with van der Waals surface area (Å²) in [5.74, 6) is 2.09. The van der Waals surface area contributed by atoms with Crippen molar-refractivity contribution in [2.45, 2.75) is 57.0 Å². The van der Waals surface area contributed by atoms with Crippen LogP contribution in [0, 0.1) is 5.92 Å². The maximum atomic E-state index is 12.7. The van der Waals surface area contributed by atoms with Gasteiger partial charge in [-0.25, -0.2) is 4.79 Å². The number of piperidine rings is 1. The van der Waals surface area contributed by atoms with Crippen LogP contribution in [0.3, 0.4) is 0 Å². The number of carbonyl (C=O) groups excluding carboxylic acids is 1. The first kappa shape index (κ1) is 20.7. The van der Waals surface area contributed by atoms with Crippen LogP contribution in [0.25, 0.3) is 0 Å². The maximum Gasteiger partial charge on any atom is 0.321 e. The molecule has 2 N–H and O–H groups in total. The Bertz CT molecular complexity index is 825. The summed E-state index contributed by atoms with van der Waals surface area (Å²) in [6.45, 7) is 1.19. The SMILES string of the molecule is O=C(Nc1cccc(Oc2ccccc2)c1)N1CCC(O)(CC2CCCCC2)CC1. The van der Waals surface area contributed by atoms with Gasteiger partial charge in [-0.15, -0.1) is 0 Å². The number of amides is 2. The average Bonchev–Trinajstić information content (AvgIpc) is 2.76. The van der Waals surface area contributed by atoms with Gasteiger partial charge in [0.1, 0.15) is 11.5 Å². The molecule has 2 aromatic rings. The first-order valence-corrected chi connectivity index (χ1v) is 11.2. The first-order chi connectivity index (χ1) is 14.6. The van der Waals surface area contributed by atoms with E-state index in [0.717, 1.165) is 12.2 Å². The van der Waals surface area contributed by atoms with Crippen LogP contribution < -0.4 is 10.1 Å². The lowest BCUT2D eigenvalue weighted by Crippen LogP contribution is -2.48. The molecule has 4 rings (SSSR count). The third kappa shape index (κ3) is 5.54. The molecule has 2 aromatic carbocycles. The second-order valence-electron chi connectivity index (χ2n) is 8.79. The van der Waals surface area contributed by atoms with Gasteiger partial charge < -0.3 is 20.1 Å².